The number of hydrogen-bond donors (Lipinski definition) is 0. The lowest BCUT2D eigenvalue weighted by atomic mass is 10.1. The fourth-order valence-corrected chi connectivity index (χ4v) is 3.11. The summed E-state index contributed by atoms with van der Waals surface area (Å²) in [4.78, 5) is 5.74. The van der Waals surface area contributed by atoms with Crippen LogP contribution in [0.25, 0.3) is 17.0 Å². The van der Waals surface area contributed by atoms with Crippen LogP contribution in [0, 0.1) is 6.92 Å². The van der Waals surface area contributed by atoms with Crippen molar-refractivity contribution in [3.05, 3.63) is 63.7 Å². The Morgan fingerprint density at radius 1 is 1.10 bits per heavy atom. The van der Waals surface area contributed by atoms with E-state index >= 15 is 0 Å². The molecule has 0 fully saturated rings. The largest absolute Gasteiger partial charge is 0.334 e. The van der Waals surface area contributed by atoms with Gasteiger partial charge in [0.2, 0.25) is 5.82 Å². The average molecular weight is 296 g/mol. The maximum absolute atomic E-state index is 5.51. The summed E-state index contributed by atoms with van der Waals surface area (Å²) in [5, 5.41) is 6.20. The van der Waals surface area contributed by atoms with E-state index in [0.29, 0.717) is 11.7 Å². The molecule has 0 amide bonds. The number of thiophene rings is 1. The molecule has 21 heavy (non-hydrogen) atoms. The number of aromatic nitrogens is 2. The highest BCUT2D eigenvalue weighted by molar-refractivity contribution is 7.11. The van der Waals surface area contributed by atoms with Gasteiger partial charge in [-0.15, -0.1) is 11.3 Å². The minimum atomic E-state index is 0.579. The lowest BCUT2D eigenvalue weighted by Crippen LogP contribution is -1.89. The molecule has 0 aliphatic heterocycles. The Kier molecular flexibility index (Phi) is 3.71. The van der Waals surface area contributed by atoms with Gasteiger partial charge in [0.25, 0.3) is 5.89 Å². The molecule has 3 aromatic rings. The van der Waals surface area contributed by atoms with Crippen molar-refractivity contribution < 1.29 is 4.52 Å². The van der Waals surface area contributed by atoms with Gasteiger partial charge in [-0.25, -0.2) is 0 Å². The highest BCUT2D eigenvalue weighted by atomic mass is 32.1. The molecule has 0 unspecified atom stereocenters. The summed E-state index contributed by atoms with van der Waals surface area (Å²) in [6.07, 6.45) is 0. The van der Waals surface area contributed by atoms with Crippen LogP contribution in [0.15, 0.2) is 51.9 Å². The van der Waals surface area contributed by atoms with Gasteiger partial charge in [-0.05, 0) is 37.8 Å². The predicted octanol–water partition coefficient (Wildman–Crippen LogP) is 4.95. The first-order chi connectivity index (χ1) is 10.2. The summed E-state index contributed by atoms with van der Waals surface area (Å²) in [7, 11) is 0. The van der Waals surface area contributed by atoms with E-state index in [1.807, 2.05) is 37.3 Å². The first-order valence-corrected chi connectivity index (χ1v) is 7.66. The SMILES string of the molecule is CC(C)=C(c1nc(-c2ccccc2C)no1)c1cccs1. The van der Waals surface area contributed by atoms with E-state index in [4.69, 9.17) is 4.52 Å². The highest BCUT2D eigenvalue weighted by Gasteiger charge is 2.17. The molecule has 106 valence electrons. The Morgan fingerprint density at radius 2 is 1.90 bits per heavy atom. The van der Waals surface area contributed by atoms with E-state index < -0.39 is 0 Å². The fraction of sp³-hybridized carbons (Fsp3) is 0.176. The molecule has 3 nitrogen and oxygen atoms in total. The molecule has 2 aromatic heterocycles. The van der Waals surface area contributed by atoms with Crippen LogP contribution in [0.4, 0.5) is 0 Å². The maximum atomic E-state index is 5.51. The summed E-state index contributed by atoms with van der Waals surface area (Å²) in [5.41, 5.74) is 4.33. The van der Waals surface area contributed by atoms with Crippen LogP contribution in [0.5, 0.6) is 0 Å². The smallest absolute Gasteiger partial charge is 0.259 e. The zero-order valence-corrected chi connectivity index (χ0v) is 13.1. The van der Waals surface area contributed by atoms with Crippen LogP contribution in [0.3, 0.4) is 0 Å². The van der Waals surface area contributed by atoms with Gasteiger partial charge in [-0.2, -0.15) is 4.98 Å². The van der Waals surface area contributed by atoms with Gasteiger partial charge in [0.15, 0.2) is 0 Å². The average Bonchev–Trinajstić information content (AvgIpc) is 3.11. The van der Waals surface area contributed by atoms with Crippen LogP contribution in [0.2, 0.25) is 0 Å². The summed E-state index contributed by atoms with van der Waals surface area (Å²) >= 11 is 1.68. The quantitative estimate of drug-likeness (QED) is 0.686. The van der Waals surface area contributed by atoms with Crippen molar-refractivity contribution in [2.75, 3.05) is 0 Å². The molecule has 4 heteroatoms. The topological polar surface area (TPSA) is 38.9 Å². The maximum Gasteiger partial charge on any atom is 0.259 e. The van der Waals surface area contributed by atoms with Crippen molar-refractivity contribution in [2.45, 2.75) is 20.8 Å². The molecule has 0 radical (unpaired) electrons. The summed E-state index contributed by atoms with van der Waals surface area (Å²) < 4.78 is 5.51. The van der Waals surface area contributed by atoms with E-state index in [9.17, 15) is 0 Å². The number of benzene rings is 1. The molecule has 0 aliphatic rings. The van der Waals surface area contributed by atoms with Crippen molar-refractivity contribution in [3.63, 3.8) is 0 Å². The summed E-state index contributed by atoms with van der Waals surface area (Å²) in [6, 6.07) is 12.2. The number of allylic oxidation sites excluding steroid dienone is 1. The monoisotopic (exact) mass is 296 g/mol. The summed E-state index contributed by atoms with van der Waals surface area (Å²) in [6.45, 7) is 6.17. The highest BCUT2D eigenvalue weighted by Crippen LogP contribution is 2.30. The second-order valence-corrected chi connectivity index (χ2v) is 6.04. The lowest BCUT2D eigenvalue weighted by molar-refractivity contribution is 0.408. The van der Waals surface area contributed by atoms with Crippen molar-refractivity contribution in [1.29, 1.82) is 0 Å². The van der Waals surface area contributed by atoms with Gasteiger partial charge in [0.1, 0.15) is 0 Å². The normalized spacial score (nSPS) is 10.6. The van der Waals surface area contributed by atoms with Crippen molar-refractivity contribution in [3.8, 4) is 11.4 Å². The molecule has 0 spiro atoms. The molecule has 0 N–H and O–H groups in total. The van der Waals surface area contributed by atoms with Crippen molar-refractivity contribution in [1.82, 2.24) is 10.1 Å². The van der Waals surface area contributed by atoms with Gasteiger partial charge in [0, 0.05) is 10.4 Å². The lowest BCUT2D eigenvalue weighted by Gasteiger charge is -2.02. The van der Waals surface area contributed by atoms with Crippen LogP contribution in [-0.2, 0) is 0 Å². The molecule has 3 rings (SSSR count). The molecule has 0 saturated carbocycles. The molecular weight excluding hydrogens is 280 g/mol. The number of aryl methyl sites for hydroxylation is 1. The zero-order chi connectivity index (χ0) is 14.8. The minimum absolute atomic E-state index is 0.579. The number of hydrogen-bond acceptors (Lipinski definition) is 4. The van der Waals surface area contributed by atoms with E-state index in [0.717, 1.165) is 27.2 Å². The third-order valence-corrected chi connectivity index (χ3v) is 4.18. The number of rotatable bonds is 3. The molecule has 1 aromatic carbocycles. The third kappa shape index (κ3) is 2.67. The van der Waals surface area contributed by atoms with E-state index in [-0.39, 0.29) is 0 Å². The summed E-state index contributed by atoms with van der Waals surface area (Å²) in [5.74, 6) is 1.22. The van der Waals surface area contributed by atoms with Crippen LogP contribution in [0.1, 0.15) is 30.2 Å². The molecule has 2 heterocycles. The molecule has 0 aliphatic carbocycles. The van der Waals surface area contributed by atoms with Crippen LogP contribution < -0.4 is 0 Å². The van der Waals surface area contributed by atoms with Crippen LogP contribution >= 0.6 is 11.3 Å². The Hall–Kier alpha value is -2.20. The fourth-order valence-electron chi connectivity index (χ4n) is 2.24. The Bertz CT molecular complexity index is 781. The molecule has 0 bridgehead atoms. The van der Waals surface area contributed by atoms with Gasteiger partial charge in [-0.1, -0.05) is 41.1 Å². The predicted molar refractivity (Wildman–Crippen MR) is 86.2 cm³/mol. The first kappa shape index (κ1) is 13.8. The second kappa shape index (κ2) is 5.66. The Labute approximate surface area is 128 Å². The van der Waals surface area contributed by atoms with Crippen LogP contribution in [-0.4, -0.2) is 10.1 Å². The standard InChI is InChI=1S/C17H16N2OS/c1-11(2)15(14-9-6-10-21-14)17-18-16(19-20-17)13-8-5-4-7-12(13)3/h4-10H,1-3H3. The third-order valence-electron chi connectivity index (χ3n) is 3.29. The molecule has 0 saturated heterocycles. The van der Waals surface area contributed by atoms with E-state index in [1.165, 1.54) is 0 Å². The van der Waals surface area contributed by atoms with E-state index in [1.54, 1.807) is 11.3 Å². The van der Waals surface area contributed by atoms with Crippen molar-refractivity contribution in [2.24, 2.45) is 0 Å². The second-order valence-electron chi connectivity index (χ2n) is 5.09. The van der Waals surface area contributed by atoms with Gasteiger partial charge >= 0.3 is 0 Å². The van der Waals surface area contributed by atoms with Gasteiger partial charge in [-0.3, -0.25) is 0 Å². The Balaban J connectivity index is 2.06. The van der Waals surface area contributed by atoms with E-state index in [2.05, 4.69) is 35.4 Å². The molecule has 0 atom stereocenters. The zero-order valence-electron chi connectivity index (χ0n) is 12.3. The number of nitrogens with zero attached hydrogens (tertiary/aromatic N) is 2. The minimum Gasteiger partial charge on any atom is -0.334 e. The first-order valence-electron chi connectivity index (χ1n) is 6.78. The Morgan fingerprint density at radius 3 is 2.57 bits per heavy atom. The van der Waals surface area contributed by atoms with Crippen molar-refractivity contribution >= 4 is 16.9 Å². The van der Waals surface area contributed by atoms with Gasteiger partial charge in [0.05, 0.1) is 5.57 Å². The molecular formula is C17H16N2OS. The van der Waals surface area contributed by atoms with Gasteiger partial charge < -0.3 is 4.52 Å².